The molecule has 0 aliphatic rings. The number of hydrogen-bond acceptors (Lipinski definition) is 1. The average Bonchev–Trinajstić information content (AvgIpc) is 2.33. The minimum absolute atomic E-state index is 0.258. The van der Waals surface area contributed by atoms with Crippen LogP contribution in [0.3, 0.4) is 0 Å². The number of benzene rings is 2. The summed E-state index contributed by atoms with van der Waals surface area (Å²) in [6.45, 7) is 1.87. The van der Waals surface area contributed by atoms with Crippen LogP contribution in [0.15, 0.2) is 59.6 Å². The predicted octanol–water partition coefficient (Wildman–Crippen LogP) is 4.41. The quantitative estimate of drug-likeness (QED) is 0.830. The molecule has 0 radical (unpaired) electrons. The van der Waals surface area contributed by atoms with E-state index in [9.17, 15) is 5.11 Å². The molecular formula is C15H13ClO. The van der Waals surface area contributed by atoms with Gasteiger partial charge in [0.1, 0.15) is 5.75 Å². The smallest absolute Gasteiger partial charge is 0.115 e. The summed E-state index contributed by atoms with van der Waals surface area (Å²) >= 11 is 6.17. The number of rotatable bonds is 2. The molecule has 1 nitrogen and oxygen atoms in total. The Morgan fingerprint density at radius 3 is 1.94 bits per heavy atom. The number of phenols is 1. The number of phenolic OH excluding ortho intramolecular Hbond substituents is 1. The first-order valence-corrected chi connectivity index (χ1v) is 5.77. The van der Waals surface area contributed by atoms with Gasteiger partial charge in [0.25, 0.3) is 0 Å². The third-order valence-corrected chi connectivity index (χ3v) is 2.75. The van der Waals surface area contributed by atoms with Crippen LogP contribution >= 0.6 is 11.6 Å². The first-order valence-electron chi connectivity index (χ1n) is 5.39. The highest BCUT2D eigenvalue weighted by atomic mass is 35.5. The molecule has 0 unspecified atom stereocenters. The fraction of sp³-hybridized carbons (Fsp3) is 0.0667. The van der Waals surface area contributed by atoms with Crippen molar-refractivity contribution in [2.45, 2.75) is 6.92 Å². The lowest BCUT2D eigenvalue weighted by Crippen LogP contribution is -1.89. The highest BCUT2D eigenvalue weighted by Gasteiger charge is 2.07. The van der Waals surface area contributed by atoms with Gasteiger partial charge in [-0.1, -0.05) is 54.1 Å². The van der Waals surface area contributed by atoms with Crippen LogP contribution in [-0.2, 0) is 0 Å². The van der Waals surface area contributed by atoms with Crippen molar-refractivity contribution in [1.29, 1.82) is 0 Å². The molecule has 0 fully saturated rings. The Morgan fingerprint density at radius 2 is 1.41 bits per heavy atom. The molecule has 0 aliphatic heterocycles. The van der Waals surface area contributed by atoms with E-state index in [1.807, 2.05) is 49.4 Å². The molecule has 2 aromatic rings. The summed E-state index contributed by atoms with van der Waals surface area (Å²) in [5, 5.41) is 10.0. The van der Waals surface area contributed by atoms with Crippen LogP contribution in [0.4, 0.5) is 0 Å². The molecule has 0 aliphatic carbocycles. The lowest BCUT2D eigenvalue weighted by atomic mass is 9.98. The van der Waals surface area contributed by atoms with E-state index >= 15 is 0 Å². The van der Waals surface area contributed by atoms with Crippen LogP contribution in [0.1, 0.15) is 18.1 Å². The molecule has 2 heteroatoms. The Hall–Kier alpha value is -1.73. The molecule has 2 rings (SSSR count). The van der Waals surface area contributed by atoms with Crippen molar-refractivity contribution >= 4 is 17.2 Å². The molecule has 0 amide bonds. The Kier molecular flexibility index (Phi) is 3.50. The maximum absolute atomic E-state index is 9.30. The van der Waals surface area contributed by atoms with Crippen LogP contribution in [0.2, 0.25) is 0 Å². The Bertz CT molecular complexity index is 523. The molecule has 0 saturated carbocycles. The van der Waals surface area contributed by atoms with Crippen LogP contribution in [-0.4, -0.2) is 5.11 Å². The van der Waals surface area contributed by atoms with Gasteiger partial charge in [-0.15, -0.1) is 0 Å². The Labute approximate surface area is 106 Å². The molecule has 0 bridgehead atoms. The van der Waals surface area contributed by atoms with Crippen molar-refractivity contribution in [2.24, 2.45) is 0 Å². The summed E-state index contributed by atoms with van der Waals surface area (Å²) in [6.07, 6.45) is 0. The summed E-state index contributed by atoms with van der Waals surface area (Å²) in [4.78, 5) is 0. The third-order valence-electron chi connectivity index (χ3n) is 2.56. The van der Waals surface area contributed by atoms with Gasteiger partial charge < -0.3 is 5.11 Å². The predicted molar refractivity (Wildman–Crippen MR) is 72.1 cm³/mol. The van der Waals surface area contributed by atoms with Crippen molar-refractivity contribution in [2.75, 3.05) is 0 Å². The van der Waals surface area contributed by atoms with Gasteiger partial charge in [0.2, 0.25) is 0 Å². The fourth-order valence-electron chi connectivity index (χ4n) is 1.80. The Morgan fingerprint density at radius 1 is 0.882 bits per heavy atom. The third kappa shape index (κ3) is 2.69. The van der Waals surface area contributed by atoms with E-state index in [1.54, 1.807) is 12.1 Å². The zero-order valence-corrected chi connectivity index (χ0v) is 10.3. The number of aromatic hydroxyl groups is 1. The maximum Gasteiger partial charge on any atom is 0.115 e. The number of hydrogen-bond donors (Lipinski definition) is 1. The van der Waals surface area contributed by atoms with E-state index in [0.29, 0.717) is 0 Å². The van der Waals surface area contributed by atoms with Gasteiger partial charge in [-0.05, 0) is 30.2 Å². The van der Waals surface area contributed by atoms with Crippen molar-refractivity contribution in [3.63, 3.8) is 0 Å². The van der Waals surface area contributed by atoms with Gasteiger partial charge in [-0.2, -0.15) is 0 Å². The van der Waals surface area contributed by atoms with Crippen LogP contribution in [0.5, 0.6) is 5.75 Å². The van der Waals surface area contributed by atoms with Crippen molar-refractivity contribution in [3.05, 3.63) is 70.8 Å². The van der Waals surface area contributed by atoms with Crippen molar-refractivity contribution in [3.8, 4) is 5.75 Å². The molecular weight excluding hydrogens is 232 g/mol. The molecule has 17 heavy (non-hydrogen) atoms. The van der Waals surface area contributed by atoms with Crippen molar-refractivity contribution in [1.82, 2.24) is 0 Å². The number of halogens is 1. The van der Waals surface area contributed by atoms with Crippen LogP contribution < -0.4 is 0 Å². The van der Waals surface area contributed by atoms with E-state index in [0.717, 1.165) is 21.7 Å². The summed E-state index contributed by atoms with van der Waals surface area (Å²) < 4.78 is 0. The maximum atomic E-state index is 9.30. The van der Waals surface area contributed by atoms with Crippen LogP contribution in [0, 0.1) is 0 Å². The van der Waals surface area contributed by atoms with E-state index < -0.39 is 0 Å². The van der Waals surface area contributed by atoms with E-state index in [-0.39, 0.29) is 5.75 Å². The summed E-state index contributed by atoms with van der Waals surface area (Å²) in [6, 6.07) is 17.0. The van der Waals surface area contributed by atoms with Crippen molar-refractivity contribution < 1.29 is 5.11 Å². The summed E-state index contributed by atoms with van der Waals surface area (Å²) in [5.41, 5.74) is 3.07. The molecule has 0 spiro atoms. The van der Waals surface area contributed by atoms with E-state index in [2.05, 4.69) is 0 Å². The lowest BCUT2D eigenvalue weighted by Gasteiger charge is -2.09. The second kappa shape index (κ2) is 5.07. The van der Waals surface area contributed by atoms with E-state index in [4.69, 9.17) is 11.6 Å². The number of allylic oxidation sites excluding steroid dienone is 1. The van der Waals surface area contributed by atoms with Gasteiger partial charge in [0.15, 0.2) is 0 Å². The normalized spacial score (nSPS) is 12.1. The zero-order chi connectivity index (χ0) is 12.3. The first-order chi connectivity index (χ1) is 8.18. The van der Waals surface area contributed by atoms with Gasteiger partial charge in [-0.25, -0.2) is 0 Å². The lowest BCUT2D eigenvalue weighted by molar-refractivity contribution is 0.475. The average molecular weight is 245 g/mol. The second-order valence-electron chi connectivity index (χ2n) is 3.82. The molecule has 86 valence electrons. The molecule has 0 heterocycles. The van der Waals surface area contributed by atoms with E-state index in [1.165, 1.54) is 0 Å². The summed E-state index contributed by atoms with van der Waals surface area (Å²) in [5.74, 6) is 0.258. The largest absolute Gasteiger partial charge is 0.508 e. The SMILES string of the molecule is C/C(Cl)=C(\c1ccccc1)c1ccc(O)cc1. The zero-order valence-electron chi connectivity index (χ0n) is 9.52. The summed E-state index contributed by atoms with van der Waals surface area (Å²) in [7, 11) is 0. The highest BCUT2D eigenvalue weighted by molar-refractivity contribution is 6.33. The Balaban J connectivity index is 2.52. The molecule has 0 atom stereocenters. The van der Waals surface area contributed by atoms with Gasteiger partial charge in [0.05, 0.1) is 0 Å². The van der Waals surface area contributed by atoms with Crippen LogP contribution in [0.25, 0.3) is 5.57 Å². The highest BCUT2D eigenvalue weighted by Crippen LogP contribution is 2.29. The minimum Gasteiger partial charge on any atom is -0.508 e. The standard InChI is InChI=1S/C15H13ClO/c1-11(16)15(12-5-3-2-4-6-12)13-7-9-14(17)10-8-13/h2-10,17H,1H3/b15-11-. The molecule has 1 N–H and O–H groups in total. The minimum atomic E-state index is 0.258. The van der Waals surface area contributed by atoms with Gasteiger partial charge in [0, 0.05) is 10.6 Å². The monoisotopic (exact) mass is 244 g/mol. The molecule has 0 aromatic heterocycles. The van der Waals surface area contributed by atoms with Gasteiger partial charge in [-0.3, -0.25) is 0 Å². The van der Waals surface area contributed by atoms with Gasteiger partial charge >= 0.3 is 0 Å². The first kappa shape index (κ1) is 11.7. The second-order valence-corrected chi connectivity index (χ2v) is 4.39. The fourth-order valence-corrected chi connectivity index (χ4v) is 2.02. The molecule has 2 aromatic carbocycles. The topological polar surface area (TPSA) is 20.2 Å². The molecule has 0 saturated heterocycles.